The maximum Gasteiger partial charge on any atom is 0.233 e. The van der Waals surface area contributed by atoms with Crippen molar-refractivity contribution < 1.29 is 4.79 Å². The number of amides is 1. The first-order chi connectivity index (χ1) is 8.02. The van der Waals surface area contributed by atoms with E-state index in [2.05, 4.69) is 15.3 Å². The summed E-state index contributed by atoms with van der Waals surface area (Å²) in [5, 5.41) is 3.16. The maximum atomic E-state index is 11.7. The molecule has 1 rings (SSSR count). The fraction of sp³-hybridized carbons (Fsp3) is 0.545. The molecule has 1 aromatic heterocycles. The van der Waals surface area contributed by atoms with E-state index in [1.807, 2.05) is 20.8 Å². The average Bonchev–Trinajstić information content (AvgIpc) is 2.24. The van der Waals surface area contributed by atoms with Gasteiger partial charge in [-0.15, -0.1) is 0 Å². The van der Waals surface area contributed by atoms with Crippen LogP contribution in [0.25, 0.3) is 0 Å². The topological polar surface area (TPSA) is 80.9 Å². The first-order valence-corrected chi connectivity index (χ1v) is 6.46. The summed E-state index contributed by atoms with van der Waals surface area (Å²) in [4.78, 5) is 20.0. The Kier molecular flexibility index (Phi) is 5.21. The Morgan fingerprint density at radius 3 is 2.88 bits per heavy atom. The number of hydrogen-bond acceptors (Lipinski definition) is 5. The number of nitrogens with zero attached hydrogens (tertiary/aromatic N) is 2. The number of nitrogen functional groups attached to an aromatic ring is 1. The lowest BCUT2D eigenvalue weighted by atomic mass is 10.4. The summed E-state index contributed by atoms with van der Waals surface area (Å²) in [6.07, 6.45) is 0.928. The van der Waals surface area contributed by atoms with Crippen molar-refractivity contribution in [1.29, 1.82) is 0 Å². The molecule has 0 saturated heterocycles. The van der Waals surface area contributed by atoms with E-state index in [1.54, 1.807) is 6.07 Å². The molecule has 0 saturated carbocycles. The van der Waals surface area contributed by atoms with Gasteiger partial charge in [-0.05, 0) is 20.3 Å². The monoisotopic (exact) mass is 254 g/mol. The van der Waals surface area contributed by atoms with Gasteiger partial charge in [-0.3, -0.25) is 4.79 Å². The molecule has 0 aliphatic carbocycles. The van der Waals surface area contributed by atoms with E-state index in [1.165, 1.54) is 11.8 Å². The highest BCUT2D eigenvalue weighted by molar-refractivity contribution is 8.00. The molecular formula is C11H18N4OS. The second-order valence-corrected chi connectivity index (χ2v) is 5.08. The van der Waals surface area contributed by atoms with Crippen LogP contribution in [0, 0.1) is 6.92 Å². The maximum absolute atomic E-state index is 11.7. The van der Waals surface area contributed by atoms with Gasteiger partial charge in [0.25, 0.3) is 0 Å². The molecule has 0 radical (unpaired) electrons. The average molecular weight is 254 g/mol. The Bertz CT molecular complexity index is 377. The van der Waals surface area contributed by atoms with Crippen molar-refractivity contribution in [2.24, 2.45) is 0 Å². The summed E-state index contributed by atoms with van der Waals surface area (Å²) in [6, 6.07) is 1.70. The molecule has 5 nitrogen and oxygen atoms in total. The minimum absolute atomic E-state index is 0.000488. The quantitative estimate of drug-likeness (QED) is 0.613. The lowest BCUT2D eigenvalue weighted by Gasteiger charge is -2.10. The normalized spacial score (nSPS) is 12.2. The molecule has 0 spiro atoms. The Hall–Kier alpha value is -1.30. The zero-order valence-electron chi connectivity index (χ0n) is 10.4. The summed E-state index contributed by atoms with van der Waals surface area (Å²) in [5.74, 6) is 0.432. The second-order valence-electron chi connectivity index (χ2n) is 3.77. The molecule has 1 aromatic rings. The fourth-order valence-electron chi connectivity index (χ4n) is 1.22. The number of thioether (sulfide) groups is 1. The first kappa shape index (κ1) is 13.8. The lowest BCUT2D eigenvalue weighted by Crippen LogP contribution is -2.31. The van der Waals surface area contributed by atoms with Crippen LogP contribution in [0.15, 0.2) is 11.2 Å². The number of carbonyl (C=O) groups excluding carboxylic acids is 1. The Balaban J connectivity index is 2.60. The zero-order chi connectivity index (χ0) is 12.8. The molecule has 3 N–H and O–H groups in total. The molecule has 0 fully saturated rings. The lowest BCUT2D eigenvalue weighted by molar-refractivity contribution is -0.120. The smallest absolute Gasteiger partial charge is 0.233 e. The van der Waals surface area contributed by atoms with Gasteiger partial charge < -0.3 is 11.1 Å². The first-order valence-electron chi connectivity index (χ1n) is 5.58. The van der Waals surface area contributed by atoms with Crippen molar-refractivity contribution in [1.82, 2.24) is 15.3 Å². The Labute approximate surface area is 106 Å². The highest BCUT2D eigenvalue weighted by atomic mass is 32.2. The van der Waals surface area contributed by atoms with E-state index in [0.29, 0.717) is 17.5 Å². The number of nitrogens with one attached hydrogen (secondary N) is 1. The van der Waals surface area contributed by atoms with Gasteiger partial charge in [0.15, 0.2) is 5.16 Å². The number of aromatic nitrogens is 2. The van der Waals surface area contributed by atoms with Crippen LogP contribution in [0.5, 0.6) is 0 Å². The van der Waals surface area contributed by atoms with Crippen LogP contribution >= 0.6 is 11.8 Å². The van der Waals surface area contributed by atoms with Crippen molar-refractivity contribution in [2.75, 3.05) is 12.3 Å². The number of anilines is 1. The van der Waals surface area contributed by atoms with Gasteiger partial charge in [0.05, 0.1) is 5.25 Å². The predicted molar refractivity (Wildman–Crippen MR) is 69.8 cm³/mol. The van der Waals surface area contributed by atoms with Gasteiger partial charge in [0.1, 0.15) is 5.82 Å². The van der Waals surface area contributed by atoms with Crippen LogP contribution < -0.4 is 11.1 Å². The SMILES string of the molecule is CCCNC(=O)C(C)Sc1nc(C)cc(N)n1. The number of nitrogens with two attached hydrogens (primary N) is 1. The van der Waals surface area contributed by atoms with Crippen molar-refractivity contribution >= 4 is 23.5 Å². The molecule has 0 aliphatic heterocycles. The van der Waals surface area contributed by atoms with Crippen molar-refractivity contribution in [3.8, 4) is 0 Å². The third kappa shape index (κ3) is 4.60. The summed E-state index contributed by atoms with van der Waals surface area (Å²) in [6.45, 7) is 6.39. The van der Waals surface area contributed by atoms with Gasteiger partial charge in [-0.1, -0.05) is 18.7 Å². The summed E-state index contributed by atoms with van der Waals surface area (Å²) >= 11 is 1.32. The van der Waals surface area contributed by atoms with Crippen LogP contribution in [-0.4, -0.2) is 27.7 Å². The largest absolute Gasteiger partial charge is 0.384 e. The Morgan fingerprint density at radius 1 is 1.59 bits per heavy atom. The van der Waals surface area contributed by atoms with Crippen LogP contribution in [0.2, 0.25) is 0 Å². The molecule has 17 heavy (non-hydrogen) atoms. The van der Waals surface area contributed by atoms with E-state index >= 15 is 0 Å². The molecular weight excluding hydrogens is 236 g/mol. The molecule has 0 aromatic carbocycles. The van der Waals surface area contributed by atoms with Crippen molar-refractivity contribution in [2.45, 2.75) is 37.6 Å². The Morgan fingerprint density at radius 2 is 2.29 bits per heavy atom. The third-order valence-electron chi connectivity index (χ3n) is 2.05. The summed E-state index contributed by atoms with van der Waals surface area (Å²) < 4.78 is 0. The number of rotatable bonds is 5. The minimum Gasteiger partial charge on any atom is -0.384 e. The zero-order valence-corrected chi connectivity index (χ0v) is 11.2. The molecule has 1 heterocycles. The molecule has 1 atom stereocenters. The van der Waals surface area contributed by atoms with Crippen molar-refractivity contribution in [3.05, 3.63) is 11.8 Å². The molecule has 6 heteroatoms. The molecule has 1 amide bonds. The predicted octanol–water partition coefficient (Wildman–Crippen LogP) is 1.37. The van der Waals surface area contributed by atoms with Crippen LogP contribution in [0.3, 0.4) is 0 Å². The van der Waals surface area contributed by atoms with E-state index in [-0.39, 0.29) is 11.2 Å². The summed E-state index contributed by atoms with van der Waals surface area (Å²) in [7, 11) is 0. The summed E-state index contributed by atoms with van der Waals surface area (Å²) in [5.41, 5.74) is 6.43. The van der Waals surface area contributed by atoms with E-state index < -0.39 is 0 Å². The highest BCUT2D eigenvalue weighted by Crippen LogP contribution is 2.20. The van der Waals surface area contributed by atoms with Gasteiger partial charge in [-0.25, -0.2) is 9.97 Å². The second kappa shape index (κ2) is 6.44. The molecule has 0 bridgehead atoms. The van der Waals surface area contributed by atoms with Crippen molar-refractivity contribution in [3.63, 3.8) is 0 Å². The number of carbonyl (C=O) groups is 1. The standard InChI is InChI=1S/C11H18N4OS/c1-4-5-13-10(16)8(3)17-11-14-7(2)6-9(12)15-11/h6,8H,4-5H2,1-3H3,(H,13,16)(H2,12,14,15). The van der Waals surface area contributed by atoms with Crippen LogP contribution in [0.1, 0.15) is 26.0 Å². The minimum atomic E-state index is -0.220. The molecule has 0 aliphatic rings. The van der Waals surface area contributed by atoms with E-state index in [4.69, 9.17) is 5.73 Å². The van der Waals surface area contributed by atoms with Gasteiger partial charge >= 0.3 is 0 Å². The van der Waals surface area contributed by atoms with E-state index in [9.17, 15) is 4.79 Å². The van der Waals surface area contributed by atoms with Gasteiger partial charge in [0.2, 0.25) is 5.91 Å². The number of hydrogen-bond donors (Lipinski definition) is 2. The molecule has 94 valence electrons. The fourth-order valence-corrected chi connectivity index (χ4v) is 2.08. The van der Waals surface area contributed by atoms with Crippen LogP contribution in [-0.2, 0) is 4.79 Å². The van der Waals surface area contributed by atoms with Crippen LogP contribution in [0.4, 0.5) is 5.82 Å². The molecule has 1 unspecified atom stereocenters. The highest BCUT2D eigenvalue weighted by Gasteiger charge is 2.15. The third-order valence-corrected chi connectivity index (χ3v) is 3.02. The van der Waals surface area contributed by atoms with Gasteiger partial charge in [-0.2, -0.15) is 0 Å². The number of aryl methyl sites for hydroxylation is 1. The van der Waals surface area contributed by atoms with E-state index in [0.717, 1.165) is 12.1 Å². The van der Waals surface area contributed by atoms with Gasteiger partial charge in [0, 0.05) is 18.3 Å².